The fourth-order valence-corrected chi connectivity index (χ4v) is 4.61. The maximum absolute atomic E-state index is 13.4. The summed E-state index contributed by atoms with van der Waals surface area (Å²) in [5.41, 5.74) is 5.33. The summed E-state index contributed by atoms with van der Waals surface area (Å²) in [6.07, 6.45) is 5.39. The third kappa shape index (κ3) is 3.48. The second-order valence-electron chi connectivity index (χ2n) is 7.94. The van der Waals surface area contributed by atoms with Gasteiger partial charge in [0.1, 0.15) is 0 Å². The molecule has 3 aromatic carbocycles. The number of hydrogen-bond donors (Lipinski definition) is 0. The highest BCUT2D eigenvalue weighted by Crippen LogP contribution is 2.44. The summed E-state index contributed by atoms with van der Waals surface area (Å²) in [7, 11) is 0. The quantitative estimate of drug-likeness (QED) is 0.528. The lowest BCUT2D eigenvalue weighted by atomic mass is 9.77. The van der Waals surface area contributed by atoms with E-state index in [-0.39, 0.29) is 17.9 Å². The second-order valence-corrected chi connectivity index (χ2v) is 7.94. The monoisotopic (exact) mass is 392 g/mol. The number of rotatable bonds is 3. The Morgan fingerprint density at radius 1 is 0.867 bits per heavy atom. The van der Waals surface area contributed by atoms with Crippen LogP contribution in [0.3, 0.4) is 0 Å². The van der Waals surface area contributed by atoms with Crippen LogP contribution >= 0.6 is 0 Å². The Bertz CT molecular complexity index is 1090. The number of benzene rings is 3. The van der Waals surface area contributed by atoms with Gasteiger partial charge in [0.2, 0.25) is 0 Å². The van der Waals surface area contributed by atoms with Crippen LogP contribution in [-0.4, -0.2) is 16.6 Å². The second kappa shape index (κ2) is 8.11. The number of nitrogens with zero attached hydrogens (tertiary/aromatic N) is 2. The molecular formula is C27H24N2O. The van der Waals surface area contributed by atoms with Crippen molar-refractivity contribution in [3.05, 3.63) is 113 Å². The molecule has 30 heavy (non-hydrogen) atoms. The van der Waals surface area contributed by atoms with Crippen molar-refractivity contribution in [2.24, 2.45) is 11.0 Å². The Kier molecular flexibility index (Phi) is 5.02. The average molecular weight is 393 g/mol. The number of hydrogen-bond acceptors (Lipinski definition) is 2. The van der Waals surface area contributed by atoms with Crippen LogP contribution in [0.25, 0.3) is 6.08 Å². The third-order valence-corrected chi connectivity index (χ3v) is 6.01. The van der Waals surface area contributed by atoms with E-state index in [1.165, 1.54) is 11.1 Å². The van der Waals surface area contributed by atoms with E-state index in [0.717, 1.165) is 30.5 Å². The van der Waals surface area contributed by atoms with Gasteiger partial charge >= 0.3 is 0 Å². The minimum atomic E-state index is -0.0617. The van der Waals surface area contributed by atoms with Crippen LogP contribution in [0.2, 0.25) is 0 Å². The predicted molar refractivity (Wildman–Crippen MR) is 121 cm³/mol. The van der Waals surface area contributed by atoms with E-state index < -0.39 is 0 Å². The SMILES string of the molecule is O=C(c1ccccc1)N1N=C2/C(=C/c3ccccc3)CCCC2C1c1ccccc1. The summed E-state index contributed by atoms with van der Waals surface area (Å²) in [5.74, 6) is 0.189. The molecule has 0 aromatic heterocycles. The van der Waals surface area contributed by atoms with Gasteiger partial charge < -0.3 is 0 Å². The van der Waals surface area contributed by atoms with Gasteiger partial charge in [-0.25, -0.2) is 5.01 Å². The zero-order chi connectivity index (χ0) is 20.3. The molecule has 0 radical (unpaired) electrons. The van der Waals surface area contributed by atoms with E-state index in [2.05, 4.69) is 42.5 Å². The largest absolute Gasteiger partial charge is 0.274 e. The molecule has 0 saturated heterocycles. The van der Waals surface area contributed by atoms with Gasteiger partial charge in [0.05, 0.1) is 11.8 Å². The average Bonchev–Trinajstić information content (AvgIpc) is 3.21. The van der Waals surface area contributed by atoms with E-state index in [1.54, 1.807) is 5.01 Å². The maximum atomic E-state index is 13.4. The van der Waals surface area contributed by atoms with Crippen molar-refractivity contribution in [3.63, 3.8) is 0 Å². The molecule has 2 aliphatic rings. The fourth-order valence-electron chi connectivity index (χ4n) is 4.61. The minimum absolute atomic E-state index is 0.0367. The molecule has 3 nitrogen and oxygen atoms in total. The van der Waals surface area contributed by atoms with E-state index in [4.69, 9.17) is 5.10 Å². The summed E-state index contributed by atoms with van der Waals surface area (Å²) in [6.45, 7) is 0. The molecule has 1 heterocycles. The first-order valence-corrected chi connectivity index (χ1v) is 10.6. The molecule has 3 aromatic rings. The van der Waals surface area contributed by atoms with E-state index in [9.17, 15) is 4.79 Å². The predicted octanol–water partition coefficient (Wildman–Crippen LogP) is 6.12. The zero-order valence-electron chi connectivity index (χ0n) is 16.8. The molecule has 0 N–H and O–H groups in total. The normalized spacial score (nSPS) is 21.9. The van der Waals surface area contributed by atoms with Crippen LogP contribution in [0.1, 0.15) is 46.8 Å². The van der Waals surface area contributed by atoms with Gasteiger partial charge in [0, 0.05) is 11.5 Å². The van der Waals surface area contributed by atoms with Gasteiger partial charge in [-0.05, 0) is 54.2 Å². The van der Waals surface area contributed by atoms with Gasteiger partial charge in [-0.3, -0.25) is 4.79 Å². The lowest BCUT2D eigenvalue weighted by Crippen LogP contribution is -2.31. The first-order chi connectivity index (χ1) is 14.8. The zero-order valence-corrected chi connectivity index (χ0v) is 16.8. The summed E-state index contributed by atoms with van der Waals surface area (Å²) < 4.78 is 0. The molecule has 2 unspecified atom stereocenters. The Hall–Kier alpha value is -3.46. The third-order valence-electron chi connectivity index (χ3n) is 6.01. The fraction of sp³-hybridized carbons (Fsp3) is 0.185. The van der Waals surface area contributed by atoms with Gasteiger partial charge in [-0.15, -0.1) is 0 Å². The number of allylic oxidation sites excluding steroid dienone is 1. The maximum Gasteiger partial charge on any atom is 0.274 e. The van der Waals surface area contributed by atoms with E-state index in [0.29, 0.717) is 5.56 Å². The molecule has 1 saturated carbocycles. The molecule has 1 aliphatic carbocycles. The minimum Gasteiger partial charge on any atom is -0.267 e. The van der Waals surface area contributed by atoms with E-state index in [1.807, 2.05) is 54.6 Å². The van der Waals surface area contributed by atoms with Crippen LogP contribution in [-0.2, 0) is 0 Å². The number of carbonyl (C=O) groups is 1. The first-order valence-electron chi connectivity index (χ1n) is 10.6. The van der Waals surface area contributed by atoms with Crippen LogP contribution in [0.5, 0.6) is 0 Å². The van der Waals surface area contributed by atoms with Crippen molar-refractivity contribution in [1.82, 2.24) is 5.01 Å². The van der Waals surface area contributed by atoms with Gasteiger partial charge in [-0.1, -0.05) is 78.9 Å². The summed E-state index contributed by atoms with van der Waals surface area (Å²) >= 11 is 0. The van der Waals surface area contributed by atoms with Crippen molar-refractivity contribution >= 4 is 17.7 Å². The molecule has 3 heteroatoms. The van der Waals surface area contributed by atoms with Crippen molar-refractivity contribution in [1.29, 1.82) is 0 Å². The Balaban J connectivity index is 1.58. The van der Waals surface area contributed by atoms with Crippen molar-refractivity contribution in [2.45, 2.75) is 25.3 Å². The smallest absolute Gasteiger partial charge is 0.267 e. The highest BCUT2D eigenvalue weighted by Gasteiger charge is 2.43. The number of hydrazone groups is 1. The van der Waals surface area contributed by atoms with Crippen molar-refractivity contribution in [3.8, 4) is 0 Å². The van der Waals surface area contributed by atoms with Crippen LogP contribution < -0.4 is 0 Å². The number of fused-ring (bicyclic) bond motifs is 1. The molecule has 1 aliphatic heterocycles. The summed E-state index contributed by atoms with van der Waals surface area (Å²) in [5, 5.41) is 6.68. The molecule has 1 amide bonds. The van der Waals surface area contributed by atoms with Crippen LogP contribution in [0.4, 0.5) is 0 Å². The highest BCUT2D eigenvalue weighted by atomic mass is 16.2. The molecule has 0 spiro atoms. The number of amides is 1. The van der Waals surface area contributed by atoms with Gasteiger partial charge in [-0.2, -0.15) is 5.10 Å². The lowest BCUT2D eigenvalue weighted by Gasteiger charge is -2.29. The highest BCUT2D eigenvalue weighted by molar-refractivity contribution is 6.09. The Morgan fingerprint density at radius 3 is 2.20 bits per heavy atom. The first kappa shape index (κ1) is 18.6. The summed E-state index contributed by atoms with van der Waals surface area (Å²) in [6, 6.07) is 30.1. The molecule has 2 atom stereocenters. The molecule has 0 bridgehead atoms. The van der Waals surface area contributed by atoms with Crippen LogP contribution in [0, 0.1) is 5.92 Å². The van der Waals surface area contributed by atoms with Crippen LogP contribution in [0.15, 0.2) is 102 Å². The molecule has 148 valence electrons. The molecular weight excluding hydrogens is 368 g/mol. The van der Waals surface area contributed by atoms with Gasteiger partial charge in [0.25, 0.3) is 5.91 Å². The lowest BCUT2D eigenvalue weighted by molar-refractivity contribution is 0.0681. The number of carbonyl (C=O) groups excluding carboxylic acids is 1. The Labute approximate surface area is 177 Å². The Morgan fingerprint density at radius 2 is 1.50 bits per heavy atom. The molecule has 5 rings (SSSR count). The summed E-state index contributed by atoms with van der Waals surface area (Å²) in [4.78, 5) is 13.4. The van der Waals surface area contributed by atoms with E-state index >= 15 is 0 Å². The van der Waals surface area contributed by atoms with Crippen molar-refractivity contribution in [2.75, 3.05) is 0 Å². The topological polar surface area (TPSA) is 32.7 Å². The standard InChI is InChI=1S/C27H24N2O/c30-27(22-15-8-3-9-16-22)29-26(21-13-6-2-7-14-21)24-18-10-17-23(25(24)28-29)19-20-11-4-1-5-12-20/h1-9,11-16,19,24,26H,10,17-18H2/b23-19+. The van der Waals surface area contributed by atoms with Crippen molar-refractivity contribution < 1.29 is 4.79 Å². The molecule has 1 fully saturated rings. The van der Waals surface area contributed by atoms with Gasteiger partial charge in [0.15, 0.2) is 0 Å².